The second kappa shape index (κ2) is 6.01. The number of carbonyl (C=O) groups excluding carboxylic acids is 1. The van der Waals surface area contributed by atoms with E-state index in [-0.39, 0.29) is 22.6 Å². The third kappa shape index (κ3) is 2.50. The molecule has 3 heterocycles. The van der Waals surface area contributed by atoms with Crippen molar-refractivity contribution in [2.75, 3.05) is 67.5 Å². The van der Waals surface area contributed by atoms with Crippen LogP contribution in [-0.4, -0.2) is 93.0 Å². The maximum absolute atomic E-state index is 14.4. The summed E-state index contributed by atoms with van der Waals surface area (Å²) in [5.41, 5.74) is 0.769. The molecule has 0 spiro atoms. The zero-order chi connectivity index (χ0) is 18.7. The minimum Gasteiger partial charge on any atom is -0.340 e. The Bertz CT molecular complexity index is 684. The highest BCUT2D eigenvalue weighted by Gasteiger charge is 2.66. The molecule has 3 fully saturated rings. The fraction of sp³-hybridized carbons (Fsp3) is 0.650. The van der Waals surface area contributed by atoms with Gasteiger partial charge in [-0.2, -0.15) is 0 Å². The third-order valence-electron chi connectivity index (χ3n) is 6.66. The second-order valence-electron chi connectivity index (χ2n) is 8.99. The molecule has 0 bridgehead atoms. The fourth-order valence-corrected chi connectivity index (χ4v) is 5.93. The number of likely N-dealkylation sites (tertiary alicyclic amines) is 3. The molecule has 6 heteroatoms. The number of nitrogens with zero attached hydrogens (tertiary/aromatic N) is 4. The molecular formula is C20H29FN4O. The minimum atomic E-state index is -0.570. The van der Waals surface area contributed by atoms with Crippen molar-refractivity contribution in [2.24, 2.45) is 10.8 Å². The number of hydrogen-bond acceptors (Lipinski definition) is 4. The van der Waals surface area contributed by atoms with Gasteiger partial charge >= 0.3 is 0 Å². The van der Waals surface area contributed by atoms with Crippen molar-refractivity contribution >= 4 is 5.91 Å². The van der Waals surface area contributed by atoms with Crippen molar-refractivity contribution in [3.8, 4) is 0 Å². The molecule has 3 aliphatic rings. The van der Waals surface area contributed by atoms with Gasteiger partial charge in [0.05, 0.1) is 0 Å². The number of benzene rings is 1. The molecule has 0 aliphatic carbocycles. The monoisotopic (exact) mass is 360 g/mol. The quantitative estimate of drug-likeness (QED) is 0.809. The number of carbonyl (C=O) groups is 1. The molecule has 1 aromatic carbocycles. The molecule has 3 aliphatic heterocycles. The largest absolute Gasteiger partial charge is 0.340 e. The zero-order valence-electron chi connectivity index (χ0n) is 16.2. The lowest BCUT2D eigenvalue weighted by Crippen LogP contribution is -2.45. The molecule has 0 unspecified atom stereocenters. The average molecular weight is 360 g/mol. The van der Waals surface area contributed by atoms with Gasteiger partial charge in [0.25, 0.3) is 0 Å². The Morgan fingerprint density at radius 1 is 1.00 bits per heavy atom. The molecule has 0 N–H and O–H groups in total. The molecule has 4 rings (SSSR count). The summed E-state index contributed by atoms with van der Waals surface area (Å²) in [5.74, 6) is -0.282. The Morgan fingerprint density at radius 3 is 1.96 bits per heavy atom. The summed E-state index contributed by atoms with van der Waals surface area (Å²) >= 11 is 0. The van der Waals surface area contributed by atoms with E-state index in [9.17, 15) is 9.18 Å². The van der Waals surface area contributed by atoms with Gasteiger partial charge in [0, 0.05) is 55.7 Å². The first-order valence-corrected chi connectivity index (χ1v) is 9.34. The third-order valence-corrected chi connectivity index (χ3v) is 6.66. The molecule has 0 aromatic heterocycles. The summed E-state index contributed by atoms with van der Waals surface area (Å²) in [6.45, 7) is 5.69. The normalized spacial score (nSPS) is 32.9. The van der Waals surface area contributed by atoms with Gasteiger partial charge in [0.2, 0.25) is 5.91 Å². The van der Waals surface area contributed by atoms with Gasteiger partial charge in [0.15, 0.2) is 0 Å². The highest BCUT2D eigenvalue weighted by Crippen LogP contribution is 2.56. The van der Waals surface area contributed by atoms with Gasteiger partial charge in [0.1, 0.15) is 11.9 Å². The summed E-state index contributed by atoms with van der Waals surface area (Å²) in [5, 5.41) is 0. The van der Waals surface area contributed by atoms with Gasteiger partial charge < -0.3 is 14.7 Å². The number of halogens is 1. The van der Waals surface area contributed by atoms with E-state index in [1.807, 2.05) is 23.9 Å². The van der Waals surface area contributed by atoms with Crippen molar-refractivity contribution in [1.82, 2.24) is 19.6 Å². The topological polar surface area (TPSA) is 30.0 Å². The van der Waals surface area contributed by atoms with Crippen molar-refractivity contribution in [3.05, 3.63) is 35.6 Å². The molecule has 0 saturated carbocycles. The molecule has 1 atom stereocenters. The molecule has 3 saturated heterocycles. The van der Waals surface area contributed by atoms with Crippen molar-refractivity contribution < 1.29 is 9.18 Å². The Balaban J connectivity index is 1.63. The highest BCUT2D eigenvalue weighted by atomic mass is 19.1. The maximum Gasteiger partial charge on any atom is 0.244 e. The first-order chi connectivity index (χ1) is 12.3. The van der Waals surface area contributed by atoms with Crippen LogP contribution >= 0.6 is 0 Å². The van der Waals surface area contributed by atoms with Crippen molar-refractivity contribution in [3.63, 3.8) is 0 Å². The summed E-state index contributed by atoms with van der Waals surface area (Å²) < 4.78 is 14.4. The lowest BCUT2D eigenvalue weighted by atomic mass is 9.71. The zero-order valence-corrected chi connectivity index (χ0v) is 16.2. The summed E-state index contributed by atoms with van der Waals surface area (Å²) in [7, 11) is 8.07. The molecule has 0 radical (unpaired) electrons. The Labute approximate surface area is 155 Å². The SMILES string of the molecule is CN1CC23CN(C)CC2(C1)CN(C(=O)[C@@H](c1ccccc1F)N(C)C)C3. The Hall–Kier alpha value is -1.50. The van der Waals surface area contributed by atoms with Crippen molar-refractivity contribution in [1.29, 1.82) is 0 Å². The van der Waals surface area contributed by atoms with E-state index < -0.39 is 6.04 Å². The van der Waals surface area contributed by atoms with Crippen LogP contribution in [0.3, 0.4) is 0 Å². The smallest absolute Gasteiger partial charge is 0.244 e. The molecule has 26 heavy (non-hydrogen) atoms. The van der Waals surface area contributed by atoms with Crippen LogP contribution in [0.15, 0.2) is 24.3 Å². The van der Waals surface area contributed by atoms with E-state index in [2.05, 4.69) is 23.9 Å². The molecule has 5 nitrogen and oxygen atoms in total. The van der Waals surface area contributed by atoms with Gasteiger partial charge in [-0.1, -0.05) is 18.2 Å². The van der Waals surface area contributed by atoms with Crippen LogP contribution in [0.2, 0.25) is 0 Å². The van der Waals surface area contributed by atoms with Gasteiger partial charge in [-0.3, -0.25) is 9.69 Å². The van der Waals surface area contributed by atoms with E-state index in [1.165, 1.54) is 6.07 Å². The van der Waals surface area contributed by atoms with E-state index in [4.69, 9.17) is 0 Å². The van der Waals surface area contributed by atoms with Crippen molar-refractivity contribution in [2.45, 2.75) is 6.04 Å². The predicted molar refractivity (Wildman–Crippen MR) is 99.3 cm³/mol. The Kier molecular flexibility index (Phi) is 4.13. The summed E-state index contributed by atoms with van der Waals surface area (Å²) in [6, 6.07) is 6.07. The van der Waals surface area contributed by atoms with Crippen LogP contribution in [0.4, 0.5) is 4.39 Å². The highest BCUT2D eigenvalue weighted by molar-refractivity contribution is 5.84. The van der Waals surface area contributed by atoms with Crippen LogP contribution < -0.4 is 0 Å². The van der Waals surface area contributed by atoms with Crippen LogP contribution in [0.25, 0.3) is 0 Å². The lowest BCUT2D eigenvalue weighted by molar-refractivity contribution is -0.136. The van der Waals surface area contributed by atoms with Crippen LogP contribution in [0, 0.1) is 16.6 Å². The number of likely N-dealkylation sites (N-methyl/N-ethyl adjacent to an activating group) is 1. The number of hydrogen-bond donors (Lipinski definition) is 0. The Morgan fingerprint density at radius 2 is 1.50 bits per heavy atom. The van der Waals surface area contributed by atoms with Crippen LogP contribution in [0.5, 0.6) is 0 Å². The average Bonchev–Trinajstić information content (AvgIpc) is 3.04. The summed E-state index contributed by atoms with van der Waals surface area (Å²) in [4.78, 5) is 22.1. The van der Waals surface area contributed by atoms with Crippen LogP contribution in [0.1, 0.15) is 11.6 Å². The van der Waals surface area contributed by atoms with Crippen LogP contribution in [-0.2, 0) is 4.79 Å². The fourth-order valence-electron chi connectivity index (χ4n) is 5.93. The van der Waals surface area contributed by atoms with E-state index in [0.29, 0.717) is 5.56 Å². The first kappa shape index (κ1) is 17.9. The second-order valence-corrected chi connectivity index (χ2v) is 8.99. The standard InChI is InChI=1S/C20H29FN4O/c1-22(2)17(15-7-5-6-8-16(15)21)18(26)25-13-19-9-23(3)10-20(19,14-25)12-24(4)11-19/h5-8,17H,9-14H2,1-4H3/t17-,19?,20?/m1/s1. The maximum atomic E-state index is 14.4. The van der Waals surface area contributed by atoms with Gasteiger partial charge in [-0.05, 0) is 34.3 Å². The predicted octanol–water partition coefficient (Wildman–Crippen LogP) is 1.13. The molecule has 1 aromatic rings. The lowest BCUT2D eigenvalue weighted by Gasteiger charge is -2.32. The molecular weight excluding hydrogens is 331 g/mol. The van der Waals surface area contributed by atoms with E-state index in [0.717, 1.165) is 39.3 Å². The molecule has 1 amide bonds. The molecule has 142 valence electrons. The van der Waals surface area contributed by atoms with E-state index >= 15 is 0 Å². The minimum absolute atomic E-state index is 0.0282. The van der Waals surface area contributed by atoms with E-state index in [1.54, 1.807) is 18.2 Å². The number of rotatable bonds is 3. The summed E-state index contributed by atoms with van der Waals surface area (Å²) in [6.07, 6.45) is 0. The first-order valence-electron chi connectivity index (χ1n) is 9.34. The van der Waals surface area contributed by atoms with Gasteiger partial charge in [-0.25, -0.2) is 4.39 Å². The van der Waals surface area contributed by atoms with Gasteiger partial charge in [-0.15, -0.1) is 0 Å². The number of amides is 1.